The van der Waals surface area contributed by atoms with Crippen molar-refractivity contribution in [3.63, 3.8) is 0 Å². The standard InChI is InChI=1S/C12H14BrFN2O/c13-8-1-2-11(14)10(7-8)12(17)16-5-3-9(15)4-6-16/h1-2,7,9H,3-6,15H2. The molecule has 92 valence electrons. The van der Waals surface area contributed by atoms with E-state index in [0.29, 0.717) is 17.6 Å². The summed E-state index contributed by atoms with van der Waals surface area (Å²) in [7, 11) is 0. The number of halogens is 2. The maximum atomic E-state index is 13.6. The van der Waals surface area contributed by atoms with Crippen molar-refractivity contribution in [1.29, 1.82) is 0 Å². The van der Waals surface area contributed by atoms with Crippen LogP contribution in [0, 0.1) is 5.82 Å². The maximum Gasteiger partial charge on any atom is 0.256 e. The first-order valence-corrected chi connectivity index (χ1v) is 6.37. The Morgan fingerprint density at radius 3 is 2.71 bits per heavy atom. The fourth-order valence-electron chi connectivity index (χ4n) is 1.93. The van der Waals surface area contributed by atoms with E-state index in [4.69, 9.17) is 5.73 Å². The predicted molar refractivity (Wildman–Crippen MR) is 67.2 cm³/mol. The first kappa shape index (κ1) is 12.5. The number of piperidine rings is 1. The molecule has 1 fully saturated rings. The Labute approximate surface area is 108 Å². The van der Waals surface area contributed by atoms with E-state index >= 15 is 0 Å². The van der Waals surface area contributed by atoms with Gasteiger partial charge in [-0.3, -0.25) is 4.79 Å². The van der Waals surface area contributed by atoms with Crippen LogP contribution in [0.5, 0.6) is 0 Å². The van der Waals surface area contributed by atoms with E-state index in [1.165, 1.54) is 12.1 Å². The summed E-state index contributed by atoms with van der Waals surface area (Å²) in [4.78, 5) is 13.8. The quantitative estimate of drug-likeness (QED) is 0.864. The number of nitrogens with zero attached hydrogens (tertiary/aromatic N) is 1. The Balaban J connectivity index is 2.16. The van der Waals surface area contributed by atoms with E-state index in [0.717, 1.165) is 12.8 Å². The molecule has 0 radical (unpaired) electrons. The minimum atomic E-state index is -0.479. The van der Waals surface area contributed by atoms with Crippen LogP contribution in [0.1, 0.15) is 23.2 Å². The van der Waals surface area contributed by atoms with Crippen molar-refractivity contribution in [2.24, 2.45) is 5.73 Å². The summed E-state index contributed by atoms with van der Waals surface area (Å²) in [5.74, 6) is -0.733. The van der Waals surface area contributed by atoms with Crippen molar-refractivity contribution >= 4 is 21.8 Å². The topological polar surface area (TPSA) is 46.3 Å². The molecule has 0 bridgehead atoms. The minimum Gasteiger partial charge on any atom is -0.338 e. The second-order valence-corrected chi connectivity index (χ2v) is 5.17. The van der Waals surface area contributed by atoms with E-state index in [9.17, 15) is 9.18 Å². The van der Waals surface area contributed by atoms with Gasteiger partial charge in [-0.1, -0.05) is 15.9 Å². The van der Waals surface area contributed by atoms with Gasteiger partial charge in [-0.25, -0.2) is 4.39 Å². The fourth-order valence-corrected chi connectivity index (χ4v) is 2.30. The molecule has 0 aliphatic carbocycles. The summed E-state index contributed by atoms with van der Waals surface area (Å²) >= 11 is 3.24. The molecular formula is C12H14BrFN2O. The number of hydrogen-bond donors (Lipinski definition) is 1. The van der Waals surface area contributed by atoms with E-state index in [1.54, 1.807) is 11.0 Å². The molecule has 1 aromatic rings. The lowest BCUT2D eigenvalue weighted by molar-refractivity contribution is 0.0710. The summed E-state index contributed by atoms with van der Waals surface area (Å²) in [5, 5.41) is 0. The van der Waals surface area contributed by atoms with E-state index in [2.05, 4.69) is 15.9 Å². The SMILES string of the molecule is NC1CCN(C(=O)c2cc(Br)ccc2F)CC1. The van der Waals surface area contributed by atoms with Gasteiger partial charge >= 0.3 is 0 Å². The summed E-state index contributed by atoms with van der Waals surface area (Å²) < 4.78 is 14.3. The molecule has 1 aliphatic rings. The molecule has 1 heterocycles. The molecule has 1 aromatic carbocycles. The summed E-state index contributed by atoms with van der Waals surface area (Å²) in [6, 6.07) is 4.56. The third-order valence-electron chi connectivity index (χ3n) is 2.99. The number of carbonyl (C=O) groups excluding carboxylic acids is 1. The van der Waals surface area contributed by atoms with Crippen LogP contribution < -0.4 is 5.73 Å². The zero-order valence-electron chi connectivity index (χ0n) is 9.33. The monoisotopic (exact) mass is 300 g/mol. The zero-order valence-corrected chi connectivity index (χ0v) is 10.9. The van der Waals surface area contributed by atoms with Crippen LogP contribution in [0.15, 0.2) is 22.7 Å². The molecular weight excluding hydrogens is 287 g/mol. The van der Waals surface area contributed by atoms with Gasteiger partial charge in [0.05, 0.1) is 5.56 Å². The largest absolute Gasteiger partial charge is 0.338 e. The zero-order chi connectivity index (χ0) is 12.4. The second kappa shape index (κ2) is 5.14. The molecule has 3 nitrogen and oxygen atoms in total. The Bertz CT molecular complexity index is 431. The highest BCUT2D eigenvalue weighted by Gasteiger charge is 2.23. The molecule has 0 aromatic heterocycles. The lowest BCUT2D eigenvalue weighted by atomic mass is 10.0. The van der Waals surface area contributed by atoms with Gasteiger partial charge in [-0.2, -0.15) is 0 Å². The molecule has 5 heteroatoms. The number of benzene rings is 1. The van der Waals surface area contributed by atoms with Crippen LogP contribution in [0.25, 0.3) is 0 Å². The minimum absolute atomic E-state index is 0.120. The molecule has 0 saturated carbocycles. The lowest BCUT2D eigenvalue weighted by Gasteiger charge is -2.30. The van der Waals surface area contributed by atoms with Gasteiger partial charge in [-0.15, -0.1) is 0 Å². The van der Waals surface area contributed by atoms with Gasteiger partial charge in [0.15, 0.2) is 0 Å². The Hall–Kier alpha value is -0.940. The van der Waals surface area contributed by atoms with Gasteiger partial charge in [0, 0.05) is 23.6 Å². The third kappa shape index (κ3) is 2.84. The van der Waals surface area contributed by atoms with E-state index in [-0.39, 0.29) is 17.5 Å². The number of nitrogens with two attached hydrogens (primary N) is 1. The number of carbonyl (C=O) groups is 1. The Morgan fingerprint density at radius 1 is 1.41 bits per heavy atom. The summed E-state index contributed by atoms with van der Waals surface area (Å²) in [6.45, 7) is 1.21. The fraction of sp³-hybridized carbons (Fsp3) is 0.417. The molecule has 2 N–H and O–H groups in total. The van der Waals surface area contributed by atoms with Gasteiger partial charge in [0.25, 0.3) is 5.91 Å². The van der Waals surface area contributed by atoms with E-state index in [1.807, 2.05) is 0 Å². The van der Waals surface area contributed by atoms with Gasteiger partial charge in [0.1, 0.15) is 5.82 Å². The van der Waals surface area contributed by atoms with Crippen LogP contribution in [-0.2, 0) is 0 Å². The van der Waals surface area contributed by atoms with Crippen molar-refractivity contribution in [3.05, 3.63) is 34.1 Å². The van der Waals surface area contributed by atoms with Crippen molar-refractivity contribution in [3.8, 4) is 0 Å². The highest BCUT2D eigenvalue weighted by atomic mass is 79.9. The molecule has 1 saturated heterocycles. The van der Waals surface area contributed by atoms with Crippen molar-refractivity contribution < 1.29 is 9.18 Å². The number of amides is 1. The first-order valence-electron chi connectivity index (χ1n) is 5.58. The second-order valence-electron chi connectivity index (χ2n) is 4.25. The van der Waals surface area contributed by atoms with Gasteiger partial charge in [-0.05, 0) is 31.0 Å². The highest BCUT2D eigenvalue weighted by Crippen LogP contribution is 2.19. The molecule has 0 unspecified atom stereocenters. The van der Waals surface area contributed by atoms with Crippen molar-refractivity contribution in [1.82, 2.24) is 4.90 Å². The smallest absolute Gasteiger partial charge is 0.256 e. The van der Waals surface area contributed by atoms with Crippen molar-refractivity contribution in [2.45, 2.75) is 18.9 Å². The maximum absolute atomic E-state index is 13.6. The third-order valence-corrected chi connectivity index (χ3v) is 3.48. The van der Waals surface area contributed by atoms with Crippen LogP contribution >= 0.6 is 15.9 Å². The summed E-state index contributed by atoms with van der Waals surface area (Å²) in [6.07, 6.45) is 1.56. The van der Waals surface area contributed by atoms with Gasteiger partial charge < -0.3 is 10.6 Å². The molecule has 1 amide bonds. The molecule has 2 rings (SSSR count). The molecule has 1 aliphatic heterocycles. The molecule has 0 spiro atoms. The Morgan fingerprint density at radius 2 is 2.06 bits per heavy atom. The Kier molecular flexibility index (Phi) is 3.79. The van der Waals surface area contributed by atoms with E-state index < -0.39 is 5.82 Å². The number of likely N-dealkylation sites (tertiary alicyclic amines) is 1. The van der Waals surface area contributed by atoms with Crippen LogP contribution in [-0.4, -0.2) is 29.9 Å². The number of rotatable bonds is 1. The average Bonchev–Trinajstić information content (AvgIpc) is 2.32. The molecule has 0 atom stereocenters. The van der Waals surface area contributed by atoms with Crippen molar-refractivity contribution in [2.75, 3.05) is 13.1 Å². The van der Waals surface area contributed by atoms with Crippen LogP contribution in [0.2, 0.25) is 0 Å². The normalized spacial score (nSPS) is 17.2. The van der Waals surface area contributed by atoms with Crippen LogP contribution in [0.3, 0.4) is 0 Å². The molecule has 17 heavy (non-hydrogen) atoms. The highest BCUT2D eigenvalue weighted by molar-refractivity contribution is 9.10. The first-order chi connectivity index (χ1) is 8.08. The summed E-state index contributed by atoms with van der Waals surface area (Å²) in [5.41, 5.74) is 5.89. The number of hydrogen-bond acceptors (Lipinski definition) is 2. The van der Waals surface area contributed by atoms with Gasteiger partial charge in [0.2, 0.25) is 0 Å². The lowest BCUT2D eigenvalue weighted by Crippen LogP contribution is -2.43. The van der Waals surface area contributed by atoms with Crippen LogP contribution in [0.4, 0.5) is 4.39 Å². The average molecular weight is 301 g/mol. The predicted octanol–water partition coefficient (Wildman–Crippen LogP) is 2.15.